The highest BCUT2D eigenvalue weighted by Crippen LogP contribution is 2.23. The number of morpholine rings is 1. The van der Waals surface area contributed by atoms with Crippen LogP contribution in [0.3, 0.4) is 0 Å². The van der Waals surface area contributed by atoms with Gasteiger partial charge in [-0.05, 0) is 29.8 Å². The topological polar surface area (TPSA) is 85.8 Å². The Labute approximate surface area is 180 Å². The van der Waals surface area contributed by atoms with Crippen LogP contribution in [0.1, 0.15) is 5.56 Å². The summed E-state index contributed by atoms with van der Waals surface area (Å²) >= 11 is 0. The third kappa shape index (κ3) is 6.16. The van der Waals surface area contributed by atoms with Crippen LogP contribution in [-0.4, -0.2) is 48.8 Å². The highest BCUT2D eigenvalue weighted by Gasteiger charge is 2.12. The van der Waals surface area contributed by atoms with Gasteiger partial charge in [0, 0.05) is 44.2 Å². The van der Waals surface area contributed by atoms with Crippen molar-refractivity contribution in [3.8, 4) is 17.4 Å². The van der Waals surface area contributed by atoms with Gasteiger partial charge in [0.2, 0.25) is 5.88 Å². The lowest BCUT2D eigenvalue weighted by Crippen LogP contribution is -2.36. The van der Waals surface area contributed by atoms with Crippen molar-refractivity contribution >= 4 is 11.7 Å². The Morgan fingerprint density at radius 1 is 1.03 bits per heavy atom. The molecule has 3 aromatic rings. The molecule has 0 spiro atoms. The van der Waals surface area contributed by atoms with Gasteiger partial charge in [0.15, 0.2) is 6.61 Å². The Balaban J connectivity index is 1.23. The molecule has 160 valence electrons. The van der Waals surface area contributed by atoms with Gasteiger partial charge in [0.05, 0.1) is 13.2 Å². The second-order valence-electron chi connectivity index (χ2n) is 6.93. The van der Waals surface area contributed by atoms with E-state index in [1.807, 2.05) is 24.3 Å². The average Bonchev–Trinajstić information content (AvgIpc) is 2.83. The molecule has 0 bridgehead atoms. The molecule has 0 atom stereocenters. The predicted octanol–water partition coefficient (Wildman–Crippen LogP) is 2.80. The first-order valence-corrected chi connectivity index (χ1v) is 10.1. The molecule has 31 heavy (non-hydrogen) atoms. The van der Waals surface area contributed by atoms with E-state index in [-0.39, 0.29) is 12.5 Å². The number of rotatable bonds is 8. The van der Waals surface area contributed by atoms with Gasteiger partial charge in [0.1, 0.15) is 17.3 Å². The van der Waals surface area contributed by atoms with Crippen molar-refractivity contribution in [3.05, 3.63) is 72.6 Å². The molecule has 0 radical (unpaired) electrons. The fourth-order valence-electron chi connectivity index (χ4n) is 3.06. The predicted molar refractivity (Wildman–Crippen MR) is 115 cm³/mol. The van der Waals surface area contributed by atoms with Crippen LogP contribution in [0.2, 0.25) is 0 Å². The summed E-state index contributed by atoms with van der Waals surface area (Å²) in [7, 11) is 0. The maximum atomic E-state index is 12.2. The summed E-state index contributed by atoms with van der Waals surface area (Å²) in [5, 5.41) is 2.84. The first-order chi connectivity index (χ1) is 15.3. The molecule has 1 saturated heterocycles. The molecule has 2 aromatic heterocycles. The van der Waals surface area contributed by atoms with Gasteiger partial charge in [-0.25, -0.2) is 9.97 Å². The lowest BCUT2D eigenvalue weighted by atomic mass is 10.2. The van der Waals surface area contributed by atoms with Crippen LogP contribution in [0, 0.1) is 0 Å². The second-order valence-corrected chi connectivity index (χ2v) is 6.93. The molecular formula is C23H24N4O4. The van der Waals surface area contributed by atoms with Crippen molar-refractivity contribution in [1.82, 2.24) is 15.3 Å². The second kappa shape index (κ2) is 10.4. The molecule has 1 aliphatic rings. The van der Waals surface area contributed by atoms with Crippen molar-refractivity contribution in [1.29, 1.82) is 0 Å². The van der Waals surface area contributed by atoms with Crippen molar-refractivity contribution in [2.45, 2.75) is 6.54 Å². The number of pyridine rings is 2. The maximum Gasteiger partial charge on any atom is 0.258 e. The maximum absolute atomic E-state index is 12.2. The van der Waals surface area contributed by atoms with Crippen LogP contribution < -0.4 is 19.7 Å². The Hall–Kier alpha value is -3.65. The summed E-state index contributed by atoms with van der Waals surface area (Å²) in [4.78, 5) is 23.0. The van der Waals surface area contributed by atoms with E-state index in [1.165, 1.54) is 0 Å². The van der Waals surface area contributed by atoms with Crippen LogP contribution >= 0.6 is 0 Å². The number of amides is 1. The number of carbonyl (C=O) groups excluding carboxylic acids is 1. The molecule has 0 unspecified atom stereocenters. The van der Waals surface area contributed by atoms with Gasteiger partial charge in [-0.2, -0.15) is 0 Å². The first kappa shape index (κ1) is 20.6. The minimum atomic E-state index is -0.215. The Morgan fingerprint density at radius 3 is 2.68 bits per heavy atom. The quantitative estimate of drug-likeness (QED) is 0.600. The Morgan fingerprint density at radius 2 is 1.90 bits per heavy atom. The van der Waals surface area contributed by atoms with Crippen LogP contribution in [0.5, 0.6) is 17.4 Å². The zero-order valence-corrected chi connectivity index (χ0v) is 17.1. The third-order valence-electron chi connectivity index (χ3n) is 4.67. The molecule has 1 fully saturated rings. The molecule has 8 nitrogen and oxygen atoms in total. The molecule has 8 heteroatoms. The largest absolute Gasteiger partial charge is 0.484 e. The molecule has 0 aliphatic carbocycles. The molecule has 1 N–H and O–H groups in total. The molecule has 1 amide bonds. The molecule has 1 aromatic carbocycles. The van der Waals surface area contributed by atoms with E-state index >= 15 is 0 Å². The fourth-order valence-corrected chi connectivity index (χ4v) is 3.06. The number of benzene rings is 1. The fraction of sp³-hybridized carbons (Fsp3) is 0.261. The van der Waals surface area contributed by atoms with Crippen molar-refractivity contribution in [3.63, 3.8) is 0 Å². The number of hydrogen-bond donors (Lipinski definition) is 1. The van der Waals surface area contributed by atoms with Crippen LogP contribution in [-0.2, 0) is 16.1 Å². The van der Waals surface area contributed by atoms with Gasteiger partial charge >= 0.3 is 0 Å². The van der Waals surface area contributed by atoms with Gasteiger partial charge in [-0.3, -0.25) is 4.79 Å². The van der Waals surface area contributed by atoms with Crippen molar-refractivity contribution in [2.24, 2.45) is 0 Å². The number of nitrogens with zero attached hydrogens (tertiary/aromatic N) is 3. The Bertz CT molecular complexity index is 976. The van der Waals surface area contributed by atoms with E-state index in [0.29, 0.717) is 23.9 Å². The Kier molecular flexibility index (Phi) is 6.92. The van der Waals surface area contributed by atoms with E-state index in [9.17, 15) is 4.79 Å². The van der Waals surface area contributed by atoms with E-state index in [4.69, 9.17) is 14.2 Å². The number of hydrogen-bond acceptors (Lipinski definition) is 7. The number of carbonyl (C=O) groups is 1. The minimum Gasteiger partial charge on any atom is -0.484 e. The van der Waals surface area contributed by atoms with Crippen molar-refractivity contribution in [2.75, 3.05) is 37.8 Å². The van der Waals surface area contributed by atoms with E-state index in [1.54, 1.807) is 42.7 Å². The summed E-state index contributed by atoms with van der Waals surface area (Å²) < 4.78 is 16.6. The van der Waals surface area contributed by atoms with E-state index < -0.39 is 0 Å². The lowest BCUT2D eigenvalue weighted by Gasteiger charge is -2.27. The normalized spacial score (nSPS) is 13.5. The zero-order chi connectivity index (χ0) is 21.3. The van der Waals surface area contributed by atoms with Crippen LogP contribution in [0.25, 0.3) is 0 Å². The van der Waals surface area contributed by atoms with E-state index in [0.717, 1.165) is 37.7 Å². The number of anilines is 1. The molecular weight excluding hydrogens is 396 g/mol. The summed E-state index contributed by atoms with van der Waals surface area (Å²) in [6, 6.07) is 16.5. The minimum absolute atomic E-state index is 0.0909. The third-order valence-corrected chi connectivity index (χ3v) is 4.67. The standard InChI is InChI=1S/C23H24N4O4/c28-22(26-16-18-7-8-21(25-15-18)27-10-12-29-13-11-27)17-30-19-4-3-5-20(14-19)31-23-6-1-2-9-24-23/h1-9,14-15H,10-13,16-17H2,(H,26,28). The SMILES string of the molecule is O=C(COc1cccc(Oc2ccccn2)c1)NCc1ccc(N2CCOCC2)nc1. The summed E-state index contributed by atoms with van der Waals surface area (Å²) in [6.45, 7) is 3.42. The smallest absolute Gasteiger partial charge is 0.258 e. The highest BCUT2D eigenvalue weighted by molar-refractivity contribution is 5.77. The highest BCUT2D eigenvalue weighted by atomic mass is 16.5. The summed E-state index contributed by atoms with van der Waals surface area (Å²) in [5.74, 6) is 2.33. The van der Waals surface area contributed by atoms with Gasteiger partial charge in [0.25, 0.3) is 5.91 Å². The average molecular weight is 420 g/mol. The van der Waals surface area contributed by atoms with E-state index in [2.05, 4.69) is 20.2 Å². The lowest BCUT2D eigenvalue weighted by molar-refractivity contribution is -0.123. The monoisotopic (exact) mass is 420 g/mol. The summed E-state index contributed by atoms with van der Waals surface area (Å²) in [5.41, 5.74) is 0.927. The van der Waals surface area contributed by atoms with Crippen LogP contribution in [0.15, 0.2) is 67.0 Å². The number of ether oxygens (including phenoxy) is 3. The molecule has 1 aliphatic heterocycles. The summed E-state index contributed by atoms with van der Waals surface area (Å²) in [6.07, 6.45) is 3.44. The molecule has 0 saturated carbocycles. The van der Waals surface area contributed by atoms with Gasteiger partial charge < -0.3 is 24.4 Å². The van der Waals surface area contributed by atoms with Crippen LogP contribution in [0.4, 0.5) is 5.82 Å². The number of aromatic nitrogens is 2. The molecule has 4 rings (SSSR count). The van der Waals surface area contributed by atoms with Crippen molar-refractivity contribution < 1.29 is 19.0 Å². The number of nitrogens with one attached hydrogen (secondary N) is 1. The zero-order valence-electron chi connectivity index (χ0n) is 17.1. The molecule has 3 heterocycles. The first-order valence-electron chi connectivity index (χ1n) is 10.1. The van der Waals surface area contributed by atoms with Gasteiger partial charge in [-0.15, -0.1) is 0 Å². The van der Waals surface area contributed by atoms with Gasteiger partial charge in [-0.1, -0.05) is 18.2 Å².